The van der Waals surface area contributed by atoms with E-state index in [1.807, 2.05) is 37.3 Å². The summed E-state index contributed by atoms with van der Waals surface area (Å²) in [6, 6.07) is 15.2. The highest BCUT2D eigenvalue weighted by Crippen LogP contribution is 2.29. The minimum absolute atomic E-state index is 0.00816. The highest BCUT2D eigenvalue weighted by Gasteiger charge is 2.59. The van der Waals surface area contributed by atoms with Gasteiger partial charge in [0.2, 0.25) is 5.91 Å². The van der Waals surface area contributed by atoms with Crippen molar-refractivity contribution in [1.82, 2.24) is 31.2 Å². The van der Waals surface area contributed by atoms with Crippen molar-refractivity contribution in [3.63, 3.8) is 0 Å². The maximum Gasteiger partial charge on any atom is 0.322 e. The van der Waals surface area contributed by atoms with Gasteiger partial charge in [-0.2, -0.15) is 0 Å². The summed E-state index contributed by atoms with van der Waals surface area (Å²) < 4.78 is 6.01. The van der Waals surface area contributed by atoms with Crippen LogP contribution in [0.5, 0.6) is 5.75 Å². The third-order valence-corrected chi connectivity index (χ3v) is 8.15. The van der Waals surface area contributed by atoms with E-state index in [2.05, 4.69) is 26.3 Å². The summed E-state index contributed by atoms with van der Waals surface area (Å²) in [6.45, 7) is 3.93. The maximum absolute atomic E-state index is 13.3. The van der Waals surface area contributed by atoms with Crippen LogP contribution in [0.15, 0.2) is 54.6 Å². The average Bonchev–Trinajstić information content (AvgIpc) is 3.49. The van der Waals surface area contributed by atoms with Crippen molar-refractivity contribution in [2.75, 3.05) is 26.2 Å². The molecular weight excluding hydrogens is 524 g/mol. The average molecular weight is 557 g/mol. The summed E-state index contributed by atoms with van der Waals surface area (Å²) in [7, 11) is 0. The molecule has 3 fully saturated rings. The molecule has 1 aromatic heterocycles. The second kappa shape index (κ2) is 10.8. The van der Waals surface area contributed by atoms with Gasteiger partial charge in [-0.15, -0.1) is 0 Å². The number of carbonyl (C=O) groups is 4. The number of rotatable bonds is 6. The molecule has 3 saturated heterocycles. The lowest BCUT2D eigenvalue weighted by molar-refractivity contribution is -0.135. The molecule has 6 rings (SSSR count). The molecule has 2 aromatic carbocycles. The highest BCUT2D eigenvalue weighted by atomic mass is 16.5. The second-order valence-electron chi connectivity index (χ2n) is 10.9. The Labute approximate surface area is 237 Å². The number of nitrogens with one attached hydrogen (secondary N) is 4. The van der Waals surface area contributed by atoms with Crippen LogP contribution in [0.3, 0.4) is 0 Å². The minimum Gasteiger partial charge on any atom is -0.489 e. The van der Waals surface area contributed by atoms with Crippen LogP contribution >= 0.6 is 0 Å². The Hall–Kier alpha value is -4.51. The summed E-state index contributed by atoms with van der Waals surface area (Å²) in [4.78, 5) is 57.7. The molecule has 0 unspecified atom stereocenters. The fourth-order valence-corrected chi connectivity index (χ4v) is 6.00. The molecule has 0 radical (unpaired) electrons. The van der Waals surface area contributed by atoms with Crippen molar-refractivity contribution in [3.8, 4) is 5.75 Å². The van der Waals surface area contributed by atoms with Gasteiger partial charge in [-0.05, 0) is 69.3 Å². The van der Waals surface area contributed by atoms with E-state index in [1.165, 1.54) is 0 Å². The van der Waals surface area contributed by atoms with Crippen LogP contribution in [0.25, 0.3) is 10.9 Å². The molecule has 0 bridgehead atoms. The Balaban J connectivity index is 1.14. The Morgan fingerprint density at radius 1 is 1.10 bits per heavy atom. The first kappa shape index (κ1) is 26.7. The molecule has 4 N–H and O–H groups in total. The summed E-state index contributed by atoms with van der Waals surface area (Å²) >= 11 is 0. The van der Waals surface area contributed by atoms with Crippen molar-refractivity contribution in [2.45, 2.75) is 38.0 Å². The predicted molar refractivity (Wildman–Crippen MR) is 150 cm³/mol. The highest BCUT2D eigenvalue weighted by molar-refractivity contribution is 6.09. The number of ether oxygens (including phenoxy) is 1. The zero-order valence-electron chi connectivity index (χ0n) is 22.7. The number of piperidine rings is 1. The van der Waals surface area contributed by atoms with Gasteiger partial charge in [0, 0.05) is 34.7 Å². The monoisotopic (exact) mass is 556 g/mol. The lowest BCUT2D eigenvalue weighted by atomic mass is 9.93. The molecule has 3 aliphatic heterocycles. The quantitative estimate of drug-likeness (QED) is 0.338. The standard InChI is InChI=1S/C30H32N6O5/c1-18-14-21(23-4-2-3-5-24(23)32-18)16-41-22-8-6-19(7-9-22)26(37)33-25-15-36(27(38)20-10-12-31-13-11-20)17-30(25)28(39)34-29(40)35-30/h2-9,14,20,25,31H,10-13,15-17H2,1H3,(H,33,37)(H2,34,35,39,40)/t25-,30-/m0/s1. The van der Waals surface area contributed by atoms with Crippen LogP contribution in [-0.2, 0) is 16.2 Å². The molecule has 212 valence electrons. The van der Waals surface area contributed by atoms with E-state index >= 15 is 0 Å². The maximum atomic E-state index is 13.3. The van der Waals surface area contributed by atoms with Gasteiger partial charge < -0.3 is 25.6 Å². The number of amides is 5. The Bertz CT molecular complexity index is 1520. The van der Waals surface area contributed by atoms with Crippen LogP contribution in [0.2, 0.25) is 0 Å². The molecule has 5 amide bonds. The topological polar surface area (TPSA) is 142 Å². The third kappa shape index (κ3) is 5.20. The van der Waals surface area contributed by atoms with Crippen molar-refractivity contribution in [2.24, 2.45) is 5.92 Å². The molecular formula is C30H32N6O5. The first-order valence-electron chi connectivity index (χ1n) is 13.8. The number of benzene rings is 2. The fraction of sp³-hybridized carbons (Fsp3) is 0.367. The van der Waals surface area contributed by atoms with Crippen LogP contribution in [0.1, 0.15) is 34.5 Å². The molecule has 0 aliphatic carbocycles. The molecule has 3 aliphatic rings. The zero-order chi connectivity index (χ0) is 28.6. The minimum atomic E-state index is -1.41. The smallest absolute Gasteiger partial charge is 0.322 e. The number of hydrogen-bond acceptors (Lipinski definition) is 7. The van der Waals surface area contributed by atoms with Gasteiger partial charge in [0.15, 0.2) is 5.54 Å². The molecule has 41 heavy (non-hydrogen) atoms. The number of aromatic nitrogens is 1. The molecule has 0 saturated carbocycles. The zero-order valence-corrected chi connectivity index (χ0v) is 22.7. The Morgan fingerprint density at radius 3 is 2.59 bits per heavy atom. The van der Waals surface area contributed by atoms with E-state index in [-0.39, 0.29) is 24.9 Å². The SMILES string of the molecule is Cc1cc(COc2ccc(C(=O)N[C@H]3CN(C(=O)C4CCNCC4)C[C@]34NC(=O)NC4=O)cc2)c2ccccc2n1. The molecule has 3 aromatic rings. The fourth-order valence-electron chi connectivity index (χ4n) is 6.00. The Kier molecular flexibility index (Phi) is 7.04. The number of carbonyl (C=O) groups excluding carboxylic acids is 4. The predicted octanol–water partition coefficient (Wildman–Crippen LogP) is 1.64. The number of likely N-dealkylation sites (tertiary alicyclic amines) is 1. The summed E-state index contributed by atoms with van der Waals surface area (Å²) in [5.41, 5.74) is 1.78. The van der Waals surface area contributed by atoms with Crippen LogP contribution < -0.4 is 26.0 Å². The largest absolute Gasteiger partial charge is 0.489 e. The number of urea groups is 1. The van der Waals surface area contributed by atoms with Crippen LogP contribution in [0.4, 0.5) is 4.79 Å². The lowest BCUT2D eigenvalue weighted by Crippen LogP contribution is -2.62. The van der Waals surface area contributed by atoms with Crippen molar-refractivity contribution in [1.29, 1.82) is 0 Å². The number of imide groups is 1. The molecule has 11 nitrogen and oxygen atoms in total. The van der Waals surface area contributed by atoms with Gasteiger partial charge in [0.1, 0.15) is 12.4 Å². The number of nitrogens with zero attached hydrogens (tertiary/aromatic N) is 2. The van der Waals surface area contributed by atoms with Crippen LogP contribution in [0, 0.1) is 12.8 Å². The normalized spacial score (nSPS) is 22.6. The second-order valence-corrected chi connectivity index (χ2v) is 10.9. The van der Waals surface area contributed by atoms with Gasteiger partial charge in [0.25, 0.3) is 11.8 Å². The van der Waals surface area contributed by atoms with Crippen molar-refractivity contribution in [3.05, 3.63) is 71.4 Å². The van der Waals surface area contributed by atoms with Crippen molar-refractivity contribution < 1.29 is 23.9 Å². The van der Waals surface area contributed by atoms with Crippen LogP contribution in [-0.4, -0.2) is 71.4 Å². The molecule has 11 heteroatoms. The first-order valence-corrected chi connectivity index (χ1v) is 13.8. The summed E-state index contributed by atoms with van der Waals surface area (Å²) in [5.74, 6) is -0.573. The van der Waals surface area contributed by atoms with E-state index < -0.39 is 29.4 Å². The van der Waals surface area contributed by atoms with Gasteiger partial charge in [-0.1, -0.05) is 18.2 Å². The van der Waals surface area contributed by atoms with Crippen molar-refractivity contribution >= 4 is 34.7 Å². The summed E-state index contributed by atoms with van der Waals surface area (Å²) in [5, 5.41) is 12.1. The number of hydrogen-bond donors (Lipinski definition) is 4. The molecule has 4 heterocycles. The summed E-state index contributed by atoms with van der Waals surface area (Å²) in [6.07, 6.45) is 1.42. The number of pyridine rings is 1. The van der Waals surface area contributed by atoms with E-state index in [0.717, 1.165) is 35.2 Å². The van der Waals surface area contributed by atoms with Gasteiger partial charge in [-0.25, -0.2) is 4.79 Å². The molecule has 1 spiro atoms. The number of aryl methyl sites for hydroxylation is 1. The van der Waals surface area contributed by atoms with Gasteiger partial charge >= 0.3 is 6.03 Å². The lowest BCUT2D eigenvalue weighted by Gasteiger charge is -2.28. The van der Waals surface area contributed by atoms with E-state index in [0.29, 0.717) is 30.8 Å². The van der Waals surface area contributed by atoms with E-state index in [4.69, 9.17) is 4.74 Å². The van der Waals surface area contributed by atoms with Gasteiger partial charge in [0.05, 0.1) is 18.1 Å². The number of fused-ring (bicyclic) bond motifs is 1. The third-order valence-electron chi connectivity index (χ3n) is 8.15. The van der Waals surface area contributed by atoms with E-state index in [1.54, 1.807) is 29.2 Å². The van der Waals surface area contributed by atoms with E-state index in [9.17, 15) is 19.2 Å². The number of para-hydroxylation sites is 1. The first-order chi connectivity index (χ1) is 19.8. The molecule has 2 atom stereocenters. The van der Waals surface area contributed by atoms with Gasteiger partial charge in [-0.3, -0.25) is 24.7 Å². The Morgan fingerprint density at radius 2 is 1.85 bits per heavy atom.